The first-order chi connectivity index (χ1) is 10.1. The molecule has 1 atom stereocenters. The Bertz CT molecular complexity index is 687. The first-order valence-electron chi connectivity index (χ1n) is 6.73. The van der Waals surface area contributed by atoms with Gasteiger partial charge in [-0.1, -0.05) is 42.3 Å². The zero-order valence-corrected chi connectivity index (χ0v) is 11.9. The average molecular weight is 282 g/mol. The van der Waals surface area contributed by atoms with Crippen LogP contribution in [0.15, 0.2) is 36.4 Å². The minimum atomic E-state index is -0.253. The lowest BCUT2D eigenvalue weighted by Crippen LogP contribution is -2.29. The number of nitrogens with one attached hydrogen (secondary N) is 1. The maximum atomic E-state index is 11.6. The number of hydrogen-bond acceptors (Lipinski definition) is 3. The summed E-state index contributed by atoms with van der Waals surface area (Å²) in [6.07, 6.45) is 5.10. The summed E-state index contributed by atoms with van der Waals surface area (Å²) in [5.41, 5.74) is 6.86. The van der Waals surface area contributed by atoms with Gasteiger partial charge in [-0.3, -0.25) is 4.79 Å². The number of nitrogens with two attached hydrogens (primary N) is 1. The van der Waals surface area contributed by atoms with Crippen LogP contribution in [-0.2, 0) is 4.79 Å². The van der Waals surface area contributed by atoms with Gasteiger partial charge in [-0.05, 0) is 12.3 Å². The molecule has 21 heavy (non-hydrogen) atoms. The van der Waals surface area contributed by atoms with Crippen molar-refractivity contribution in [1.82, 2.24) is 5.32 Å². The van der Waals surface area contributed by atoms with Crippen molar-refractivity contribution in [3.8, 4) is 18.1 Å². The van der Waals surface area contributed by atoms with Crippen molar-refractivity contribution in [3.63, 3.8) is 0 Å². The van der Waals surface area contributed by atoms with E-state index in [9.17, 15) is 4.79 Å². The number of fused-ring (bicyclic) bond motifs is 1. The Kier molecular flexibility index (Phi) is 4.81. The van der Waals surface area contributed by atoms with Crippen LogP contribution >= 0.6 is 0 Å². The van der Waals surface area contributed by atoms with Gasteiger partial charge in [-0.25, -0.2) is 0 Å². The number of carbonyl (C=O) groups excluding carboxylic acids is 1. The normalized spacial score (nSPS) is 11.7. The van der Waals surface area contributed by atoms with Crippen LogP contribution in [-0.4, -0.2) is 19.1 Å². The Balaban J connectivity index is 2.29. The van der Waals surface area contributed by atoms with E-state index in [4.69, 9.17) is 16.9 Å². The minimum Gasteiger partial charge on any atom is -0.483 e. The van der Waals surface area contributed by atoms with Gasteiger partial charge in [-0.15, -0.1) is 6.42 Å². The topological polar surface area (TPSA) is 64.3 Å². The fourth-order valence-corrected chi connectivity index (χ4v) is 2.12. The van der Waals surface area contributed by atoms with E-state index in [1.165, 1.54) is 0 Å². The summed E-state index contributed by atoms with van der Waals surface area (Å²) in [6, 6.07) is 11.6. The van der Waals surface area contributed by atoms with Crippen molar-refractivity contribution in [2.75, 3.05) is 13.2 Å². The van der Waals surface area contributed by atoms with Crippen molar-refractivity contribution in [2.24, 2.45) is 5.73 Å². The molecule has 0 spiro atoms. The number of carbonyl (C=O) groups is 1. The SMILES string of the molecule is C#CCNC(=O)COc1c(C(C)N)ccc2ccccc12. The third kappa shape index (κ3) is 3.53. The van der Waals surface area contributed by atoms with Crippen LogP contribution < -0.4 is 15.8 Å². The van der Waals surface area contributed by atoms with Crippen molar-refractivity contribution in [1.29, 1.82) is 0 Å². The number of hydrogen-bond donors (Lipinski definition) is 2. The third-order valence-electron chi connectivity index (χ3n) is 3.14. The summed E-state index contributed by atoms with van der Waals surface area (Å²) in [4.78, 5) is 11.6. The van der Waals surface area contributed by atoms with Gasteiger partial charge in [0.2, 0.25) is 0 Å². The molecule has 0 saturated heterocycles. The average Bonchev–Trinajstić information content (AvgIpc) is 2.50. The van der Waals surface area contributed by atoms with Crippen molar-refractivity contribution in [3.05, 3.63) is 42.0 Å². The van der Waals surface area contributed by atoms with Gasteiger partial charge in [0, 0.05) is 17.0 Å². The summed E-state index contributed by atoms with van der Waals surface area (Å²) in [5, 5.41) is 4.55. The smallest absolute Gasteiger partial charge is 0.258 e. The Morgan fingerprint density at radius 3 is 2.86 bits per heavy atom. The molecule has 2 aromatic rings. The molecule has 0 aliphatic carbocycles. The molecule has 4 nitrogen and oxygen atoms in total. The highest BCUT2D eigenvalue weighted by molar-refractivity contribution is 5.90. The molecule has 0 aliphatic rings. The predicted octanol–water partition coefficient (Wildman–Crippen LogP) is 1.99. The third-order valence-corrected chi connectivity index (χ3v) is 3.14. The van der Waals surface area contributed by atoms with Gasteiger partial charge >= 0.3 is 0 Å². The maximum Gasteiger partial charge on any atom is 0.258 e. The van der Waals surface area contributed by atoms with E-state index in [1.807, 2.05) is 43.3 Å². The highest BCUT2D eigenvalue weighted by atomic mass is 16.5. The molecule has 0 fully saturated rings. The molecule has 0 radical (unpaired) electrons. The summed E-state index contributed by atoms with van der Waals surface area (Å²) in [6.45, 7) is 1.99. The van der Waals surface area contributed by atoms with Crippen LogP contribution in [0.4, 0.5) is 0 Å². The number of terminal acetylenes is 1. The van der Waals surface area contributed by atoms with Gasteiger partial charge in [0.25, 0.3) is 5.91 Å². The quantitative estimate of drug-likeness (QED) is 0.824. The molecule has 4 heteroatoms. The molecule has 0 saturated carbocycles. The van der Waals surface area contributed by atoms with E-state index in [0.29, 0.717) is 5.75 Å². The van der Waals surface area contributed by atoms with Crippen molar-refractivity contribution in [2.45, 2.75) is 13.0 Å². The minimum absolute atomic E-state index is 0.0879. The van der Waals surface area contributed by atoms with E-state index in [2.05, 4.69) is 11.2 Å². The molecule has 0 bridgehead atoms. The second-order valence-corrected chi connectivity index (χ2v) is 4.76. The van der Waals surface area contributed by atoms with Crippen molar-refractivity contribution >= 4 is 16.7 Å². The summed E-state index contributed by atoms with van der Waals surface area (Å²) in [7, 11) is 0. The highest BCUT2D eigenvalue weighted by Crippen LogP contribution is 2.32. The molecule has 3 N–H and O–H groups in total. The number of amides is 1. The fraction of sp³-hybridized carbons (Fsp3) is 0.235. The fourth-order valence-electron chi connectivity index (χ4n) is 2.12. The molecule has 1 amide bonds. The Hall–Kier alpha value is -2.51. The predicted molar refractivity (Wildman–Crippen MR) is 83.9 cm³/mol. The van der Waals surface area contributed by atoms with Crippen LogP contribution in [0, 0.1) is 12.3 Å². The van der Waals surface area contributed by atoms with Gasteiger partial charge < -0.3 is 15.8 Å². The second-order valence-electron chi connectivity index (χ2n) is 4.76. The first kappa shape index (κ1) is 14.9. The van der Waals surface area contributed by atoms with Crippen LogP contribution in [0.2, 0.25) is 0 Å². The molecule has 2 aromatic carbocycles. The molecule has 2 rings (SSSR count). The zero-order valence-electron chi connectivity index (χ0n) is 11.9. The van der Waals surface area contributed by atoms with E-state index < -0.39 is 0 Å². The van der Waals surface area contributed by atoms with Gasteiger partial charge in [-0.2, -0.15) is 0 Å². The Morgan fingerprint density at radius 1 is 1.38 bits per heavy atom. The molecular formula is C17H18N2O2. The first-order valence-corrected chi connectivity index (χ1v) is 6.73. The Labute approximate surface area is 124 Å². The Morgan fingerprint density at radius 2 is 2.14 bits per heavy atom. The lowest BCUT2D eigenvalue weighted by atomic mass is 10.0. The van der Waals surface area contributed by atoms with Crippen molar-refractivity contribution < 1.29 is 9.53 Å². The maximum absolute atomic E-state index is 11.6. The lowest BCUT2D eigenvalue weighted by Gasteiger charge is -2.16. The molecule has 0 heterocycles. The van der Waals surface area contributed by atoms with Crippen LogP contribution in [0.3, 0.4) is 0 Å². The van der Waals surface area contributed by atoms with Crippen LogP contribution in [0.5, 0.6) is 5.75 Å². The van der Waals surface area contributed by atoms with Gasteiger partial charge in [0.05, 0.1) is 6.54 Å². The van der Waals surface area contributed by atoms with E-state index in [-0.39, 0.29) is 25.1 Å². The second kappa shape index (κ2) is 6.78. The monoisotopic (exact) mass is 282 g/mol. The molecule has 108 valence electrons. The number of rotatable bonds is 5. The lowest BCUT2D eigenvalue weighted by molar-refractivity contribution is -0.122. The van der Waals surface area contributed by atoms with E-state index >= 15 is 0 Å². The highest BCUT2D eigenvalue weighted by Gasteiger charge is 2.13. The zero-order chi connectivity index (χ0) is 15.2. The number of ether oxygens (including phenoxy) is 1. The van der Waals surface area contributed by atoms with E-state index in [0.717, 1.165) is 16.3 Å². The van der Waals surface area contributed by atoms with Crippen LogP contribution in [0.25, 0.3) is 10.8 Å². The summed E-state index contributed by atoms with van der Waals surface area (Å²) < 4.78 is 5.71. The van der Waals surface area contributed by atoms with Crippen LogP contribution in [0.1, 0.15) is 18.5 Å². The van der Waals surface area contributed by atoms with Gasteiger partial charge in [0.1, 0.15) is 5.75 Å². The van der Waals surface area contributed by atoms with Gasteiger partial charge in [0.15, 0.2) is 6.61 Å². The summed E-state index contributed by atoms with van der Waals surface area (Å²) in [5.74, 6) is 2.75. The molecule has 1 unspecified atom stereocenters. The van der Waals surface area contributed by atoms with E-state index in [1.54, 1.807) is 0 Å². The molecular weight excluding hydrogens is 264 g/mol. The molecule has 0 aliphatic heterocycles. The number of benzene rings is 2. The molecule has 0 aromatic heterocycles. The summed E-state index contributed by atoms with van der Waals surface area (Å²) >= 11 is 0. The largest absolute Gasteiger partial charge is 0.483 e. The standard InChI is InChI=1S/C17H18N2O2/c1-3-10-19-16(20)11-21-17-14(12(2)18)9-8-13-6-4-5-7-15(13)17/h1,4-9,12H,10-11,18H2,2H3,(H,19,20).